The van der Waals surface area contributed by atoms with Crippen LogP contribution in [0, 0.1) is 6.92 Å². The summed E-state index contributed by atoms with van der Waals surface area (Å²) in [6, 6.07) is 8.60. The number of ether oxygens (including phenoxy) is 2. The van der Waals surface area contributed by atoms with Crippen molar-refractivity contribution in [1.82, 2.24) is 15.2 Å². The van der Waals surface area contributed by atoms with E-state index < -0.39 is 0 Å². The Morgan fingerprint density at radius 3 is 2.67 bits per heavy atom. The molecule has 27 heavy (non-hydrogen) atoms. The van der Waals surface area contributed by atoms with Crippen molar-refractivity contribution in [3.8, 4) is 5.75 Å². The molecule has 0 bridgehead atoms. The highest BCUT2D eigenvalue weighted by Crippen LogP contribution is 2.17. The molecule has 2 heterocycles. The van der Waals surface area contributed by atoms with Crippen molar-refractivity contribution < 1.29 is 14.3 Å². The smallest absolute Gasteiger partial charge is 0.409 e. The Morgan fingerprint density at radius 1 is 1.30 bits per heavy atom. The highest BCUT2D eigenvalue weighted by molar-refractivity contribution is 7.09. The Bertz CT molecular complexity index is 724. The van der Waals surface area contributed by atoms with Crippen LogP contribution in [0.1, 0.15) is 36.0 Å². The van der Waals surface area contributed by atoms with Gasteiger partial charge in [-0.3, -0.25) is 0 Å². The number of carbonyl (C=O) groups excluding carboxylic acids is 1. The quantitative estimate of drug-likeness (QED) is 0.781. The van der Waals surface area contributed by atoms with Crippen molar-refractivity contribution in [2.45, 2.75) is 45.9 Å². The van der Waals surface area contributed by atoms with Gasteiger partial charge in [0, 0.05) is 31.1 Å². The number of carbonyl (C=O) groups is 1. The molecule has 1 aromatic carbocycles. The summed E-state index contributed by atoms with van der Waals surface area (Å²) >= 11 is 1.64. The van der Waals surface area contributed by atoms with E-state index in [2.05, 4.69) is 22.4 Å². The second-order valence-corrected chi connectivity index (χ2v) is 7.69. The van der Waals surface area contributed by atoms with Crippen LogP contribution in [0.2, 0.25) is 0 Å². The van der Waals surface area contributed by atoms with E-state index >= 15 is 0 Å². The Morgan fingerprint density at radius 2 is 2.04 bits per heavy atom. The summed E-state index contributed by atoms with van der Waals surface area (Å²) in [7, 11) is 0. The van der Waals surface area contributed by atoms with Crippen LogP contribution in [0.15, 0.2) is 29.6 Å². The van der Waals surface area contributed by atoms with Gasteiger partial charge in [-0.05, 0) is 44.4 Å². The van der Waals surface area contributed by atoms with Crippen molar-refractivity contribution in [3.63, 3.8) is 0 Å². The average molecular weight is 390 g/mol. The monoisotopic (exact) mass is 389 g/mol. The van der Waals surface area contributed by atoms with E-state index in [4.69, 9.17) is 9.47 Å². The second-order valence-electron chi connectivity index (χ2n) is 6.63. The van der Waals surface area contributed by atoms with Crippen LogP contribution in [-0.4, -0.2) is 41.7 Å². The summed E-state index contributed by atoms with van der Waals surface area (Å²) in [5, 5.41) is 6.67. The van der Waals surface area contributed by atoms with E-state index in [1.54, 1.807) is 16.2 Å². The molecule has 1 aromatic heterocycles. The number of amides is 1. The van der Waals surface area contributed by atoms with Crippen molar-refractivity contribution in [3.05, 3.63) is 45.9 Å². The summed E-state index contributed by atoms with van der Waals surface area (Å²) < 4.78 is 10.8. The van der Waals surface area contributed by atoms with Gasteiger partial charge in [-0.25, -0.2) is 9.78 Å². The number of benzene rings is 1. The van der Waals surface area contributed by atoms with Gasteiger partial charge < -0.3 is 19.7 Å². The number of aryl methyl sites for hydroxylation is 1. The molecule has 1 fully saturated rings. The molecule has 0 aliphatic carbocycles. The molecule has 3 rings (SSSR count). The van der Waals surface area contributed by atoms with Crippen LogP contribution in [-0.2, 0) is 17.9 Å². The van der Waals surface area contributed by atoms with Crippen molar-refractivity contribution in [2.24, 2.45) is 0 Å². The topological polar surface area (TPSA) is 63.7 Å². The lowest BCUT2D eigenvalue weighted by Gasteiger charge is -2.31. The van der Waals surface area contributed by atoms with Crippen molar-refractivity contribution in [2.75, 3.05) is 19.7 Å². The predicted octanol–water partition coefficient (Wildman–Crippen LogP) is 3.74. The van der Waals surface area contributed by atoms with Crippen molar-refractivity contribution >= 4 is 17.4 Å². The fourth-order valence-electron chi connectivity index (χ4n) is 3.08. The first-order chi connectivity index (χ1) is 13.1. The lowest BCUT2D eigenvalue weighted by Crippen LogP contribution is -2.44. The molecule has 0 saturated carbocycles. The van der Waals surface area contributed by atoms with Gasteiger partial charge in [0.15, 0.2) is 0 Å². The zero-order chi connectivity index (χ0) is 19.1. The zero-order valence-corrected chi connectivity index (χ0v) is 16.8. The maximum atomic E-state index is 11.7. The molecule has 146 valence electrons. The van der Waals surface area contributed by atoms with Crippen LogP contribution in [0.25, 0.3) is 0 Å². The van der Waals surface area contributed by atoms with Crippen LogP contribution >= 0.6 is 11.3 Å². The molecular weight excluding hydrogens is 362 g/mol. The minimum atomic E-state index is -0.195. The van der Waals surface area contributed by atoms with Gasteiger partial charge >= 0.3 is 6.09 Å². The molecule has 1 saturated heterocycles. The van der Waals surface area contributed by atoms with Crippen molar-refractivity contribution in [1.29, 1.82) is 0 Å². The van der Waals surface area contributed by atoms with E-state index in [0.717, 1.165) is 48.9 Å². The largest absolute Gasteiger partial charge is 0.487 e. The first kappa shape index (κ1) is 19.6. The average Bonchev–Trinajstić information content (AvgIpc) is 3.11. The number of hydrogen-bond acceptors (Lipinski definition) is 6. The molecule has 1 aliphatic rings. The fraction of sp³-hybridized carbons (Fsp3) is 0.500. The SMILES string of the molecule is CCOC(=O)N1CCC(NCc2ccc(OCc3csc(C)n3)cc2)CC1. The first-order valence-corrected chi connectivity index (χ1v) is 10.3. The van der Waals surface area contributed by atoms with Crippen LogP contribution in [0.5, 0.6) is 5.75 Å². The second kappa shape index (κ2) is 9.71. The van der Waals surface area contributed by atoms with Gasteiger partial charge in [0.1, 0.15) is 12.4 Å². The molecule has 0 unspecified atom stereocenters. The maximum absolute atomic E-state index is 11.7. The maximum Gasteiger partial charge on any atom is 0.409 e. The molecule has 6 nitrogen and oxygen atoms in total. The number of likely N-dealkylation sites (tertiary alicyclic amines) is 1. The molecule has 2 aromatic rings. The summed E-state index contributed by atoms with van der Waals surface area (Å²) in [6.45, 7) is 7.08. The van der Waals surface area contributed by atoms with Gasteiger partial charge in [0.25, 0.3) is 0 Å². The Kier molecular flexibility index (Phi) is 7.06. The van der Waals surface area contributed by atoms with E-state index in [1.165, 1.54) is 5.56 Å². The predicted molar refractivity (Wildman–Crippen MR) is 106 cm³/mol. The lowest BCUT2D eigenvalue weighted by molar-refractivity contribution is 0.0950. The number of thiazole rings is 1. The lowest BCUT2D eigenvalue weighted by atomic mass is 10.0. The molecule has 1 amide bonds. The summed E-state index contributed by atoms with van der Waals surface area (Å²) in [6.07, 6.45) is 1.71. The summed E-state index contributed by atoms with van der Waals surface area (Å²) in [4.78, 5) is 17.9. The molecule has 0 radical (unpaired) electrons. The van der Waals surface area contributed by atoms with Gasteiger partial charge in [-0.1, -0.05) is 12.1 Å². The normalized spacial score (nSPS) is 15.0. The third-order valence-electron chi connectivity index (χ3n) is 4.59. The highest BCUT2D eigenvalue weighted by atomic mass is 32.1. The van der Waals surface area contributed by atoms with Crippen LogP contribution < -0.4 is 10.1 Å². The standard InChI is InChI=1S/C20H27N3O3S/c1-3-25-20(24)23-10-8-17(9-11-23)21-12-16-4-6-19(7-5-16)26-13-18-14-27-15(2)22-18/h4-7,14,17,21H,3,8-13H2,1-2H3. The van der Waals surface area contributed by atoms with E-state index in [1.807, 2.05) is 31.4 Å². The number of piperidine rings is 1. The first-order valence-electron chi connectivity index (χ1n) is 9.42. The molecule has 1 N–H and O–H groups in total. The van der Waals surface area contributed by atoms with E-state index in [9.17, 15) is 4.79 Å². The Balaban J connectivity index is 1.38. The summed E-state index contributed by atoms with van der Waals surface area (Å²) in [5.41, 5.74) is 2.19. The van der Waals surface area contributed by atoms with Crippen LogP contribution in [0.3, 0.4) is 0 Å². The number of hydrogen-bond donors (Lipinski definition) is 1. The number of rotatable bonds is 7. The van der Waals surface area contributed by atoms with E-state index in [0.29, 0.717) is 19.3 Å². The zero-order valence-electron chi connectivity index (χ0n) is 15.9. The third-order valence-corrected chi connectivity index (χ3v) is 5.41. The van der Waals surface area contributed by atoms with Crippen LogP contribution in [0.4, 0.5) is 4.79 Å². The molecule has 0 spiro atoms. The molecule has 7 heteroatoms. The van der Waals surface area contributed by atoms with Gasteiger partial charge in [-0.2, -0.15) is 0 Å². The third kappa shape index (κ3) is 5.94. The number of nitrogens with zero attached hydrogens (tertiary/aromatic N) is 2. The number of aromatic nitrogens is 1. The number of nitrogens with one attached hydrogen (secondary N) is 1. The minimum Gasteiger partial charge on any atom is -0.487 e. The molecular formula is C20H27N3O3S. The highest BCUT2D eigenvalue weighted by Gasteiger charge is 2.23. The van der Waals surface area contributed by atoms with E-state index in [-0.39, 0.29) is 6.09 Å². The summed E-state index contributed by atoms with van der Waals surface area (Å²) in [5.74, 6) is 0.854. The Hall–Kier alpha value is -2.12. The molecule has 0 atom stereocenters. The fourth-order valence-corrected chi connectivity index (χ4v) is 3.68. The van der Waals surface area contributed by atoms with Gasteiger partial charge in [-0.15, -0.1) is 11.3 Å². The molecule has 1 aliphatic heterocycles. The van der Waals surface area contributed by atoms with Gasteiger partial charge in [0.05, 0.1) is 17.3 Å². The van der Waals surface area contributed by atoms with Gasteiger partial charge in [0.2, 0.25) is 0 Å². The Labute approximate surface area is 164 Å². The minimum absolute atomic E-state index is 0.195.